The summed E-state index contributed by atoms with van der Waals surface area (Å²) in [5, 5.41) is 10.7. The molecular formula is C11H14N4OS. The van der Waals surface area contributed by atoms with E-state index in [4.69, 9.17) is 5.73 Å². The van der Waals surface area contributed by atoms with Crippen LogP contribution in [-0.4, -0.2) is 21.1 Å². The van der Waals surface area contributed by atoms with E-state index in [1.165, 1.54) is 24.6 Å². The van der Waals surface area contributed by atoms with E-state index in [1.54, 1.807) is 0 Å². The Hall–Kier alpha value is -1.43. The van der Waals surface area contributed by atoms with Gasteiger partial charge in [0, 0.05) is 6.04 Å². The average Bonchev–Trinajstić information content (AvgIpc) is 2.84. The Labute approximate surface area is 104 Å². The normalized spacial score (nSPS) is 20.0. The van der Waals surface area contributed by atoms with Gasteiger partial charge in [-0.1, -0.05) is 31.2 Å². The molecule has 6 heteroatoms. The lowest BCUT2D eigenvalue weighted by atomic mass is 10.2. The molecule has 1 fully saturated rings. The molecule has 0 radical (unpaired) electrons. The minimum Gasteiger partial charge on any atom is -0.492 e. The maximum absolute atomic E-state index is 9.77. The standard InChI is InChI=1S/C11H14N4OS/c1-6-15(7-4-2-3-5-7)9-8(17-6)10(16)14-11(12)13-9/h7H,1-5H2,(H3,12,13,14,16). The van der Waals surface area contributed by atoms with Crippen molar-refractivity contribution in [2.75, 3.05) is 10.6 Å². The second-order valence-electron chi connectivity index (χ2n) is 4.36. The van der Waals surface area contributed by atoms with Crippen molar-refractivity contribution in [1.29, 1.82) is 0 Å². The quantitative estimate of drug-likeness (QED) is 0.795. The van der Waals surface area contributed by atoms with Gasteiger partial charge in [0.25, 0.3) is 0 Å². The van der Waals surface area contributed by atoms with E-state index in [1.807, 2.05) is 0 Å². The number of nitrogens with two attached hydrogens (primary N) is 1. The lowest BCUT2D eigenvalue weighted by Gasteiger charge is -2.25. The van der Waals surface area contributed by atoms with Crippen molar-refractivity contribution in [1.82, 2.24) is 9.97 Å². The SMILES string of the molecule is C=C1Sc2c(O)nc(N)nc2N1C1CCCC1. The number of aromatic hydroxyl groups is 1. The Morgan fingerprint density at radius 1 is 1.35 bits per heavy atom. The molecule has 0 spiro atoms. The Morgan fingerprint density at radius 2 is 2.06 bits per heavy atom. The van der Waals surface area contributed by atoms with Crippen LogP contribution < -0.4 is 10.6 Å². The van der Waals surface area contributed by atoms with Crippen molar-refractivity contribution in [2.24, 2.45) is 0 Å². The van der Waals surface area contributed by atoms with E-state index < -0.39 is 0 Å². The van der Waals surface area contributed by atoms with Crippen LogP contribution in [0.4, 0.5) is 11.8 Å². The van der Waals surface area contributed by atoms with E-state index >= 15 is 0 Å². The third-order valence-electron chi connectivity index (χ3n) is 3.25. The molecule has 0 amide bonds. The highest BCUT2D eigenvalue weighted by atomic mass is 32.2. The zero-order chi connectivity index (χ0) is 12.0. The molecule has 0 saturated heterocycles. The summed E-state index contributed by atoms with van der Waals surface area (Å²) in [6, 6.07) is 0.435. The summed E-state index contributed by atoms with van der Waals surface area (Å²) < 4.78 is 0. The first-order valence-electron chi connectivity index (χ1n) is 5.69. The Morgan fingerprint density at radius 3 is 2.76 bits per heavy atom. The van der Waals surface area contributed by atoms with E-state index in [0.717, 1.165) is 23.7 Å². The summed E-state index contributed by atoms with van der Waals surface area (Å²) in [4.78, 5) is 10.8. The van der Waals surface area contributed by atoms with Gasteiger partial charge in [0.05, 0.1) is 5.03 Å². The topological polar surface area (TPSA) is 75.3 Å². The summed E-state index contributed by atoms with van der Waals surface area (Å²) in [6.45, 7) is 4.03. The van der Waals surface area contributed by atoms with E-state index in [0.29, 0.717) is 10.9 Å². The predicted octanol–water partition coefficient (Wildman–Crippen LogP) is 2.09. The van der Waals surface area contributed by atoms with Crippen LogP contribution in [0.25, 0.3) is 0 Å². The third kappa shape index (κ3) is 1.63. The molecule has 90 valence electrons. The summed E-state index contributed by atoms with van der Waals surface area (Å²) in [6.07, 6.45) is 4.76. The van der Waals surface area contributed by atoms with Gasteiger partial charge >= 0.3 is 0 Å². The van der Waals surface area contributed by atoms with Gasteiger partial charge in [-0.2, -0.15) is 9.97 Å². The van der Waals surface area contributed by atoms with E-state index in [2.05, 4.69) is 21.4 Å². The van der Waals surface area contributed by atoms with Gasteiger partial charge in [0.15, 0.2) is 5.82 Å². The molecule has 3 N–H and O–H groups in total. The number of anilines is 2. The molecular weight excluding hydrogens is 236 g/mol. The van der Waals surface area contributed by atoms with Crippen LogP contribution in [0.5, 0.6) is 5.88 Å². The van der Waals surface area contributed by atoms with Crippen LogP contribution in [0.3, 0.4) is 0 Å². The summed E-state index contributed by atoms with van der Waals surface area (Å²) >= 11 is 1.42. The van der Waals surface area contributed by atoms with Gasteiger partial charge in [-0.05, 0) is 12.8 Å². The molecule has 0 atom stereocenters. The highest BCUT2D eigenvalue weighted by Gasteiger charge is 2.35. The molecule has 0 unspecified atom stereocenters. The fourth-order valence-corrected chi connectivity index (χ4v) is 3.46. The smallest absolute Gasteiger partial charge is 0.232 e. The number of thioether (sulfide) groups is 1. The van der Waals surface area contributed by atoms with Crippen molar-refractivity contribution < 1.29 is 5.11 Å². The maximum atomic E-state index is 9.77. The zero-order valence-corrected chi connectivity index (χ0v) is 10.2. The monoisotopic (exact) mass is 250 g/mol. The van der Waals surface area contributed by atoms with Gasteiger partial charge in [-0.15, -0.1) is 0 Å². The van der Waals surface area contributed by atoms with Crippen LogP contribution in [0, 0.1) is 0 Å². The van der Waals surface area contributed by atoms with Crippen molar-refractivity contribution >= 4 is 23.5 Å². The molecule has 17 heavy (non-hydrogen) atoms. The number of nitrogens with zero attached hydrogens (tertiary/aromatic N) is 3. The maximum Gasteiger partial charge on any atom is 0.232 e. The molecule has 1 aromatic heterocycles. The highest BCUT2D eigenvalue weighted by Crippen LogP contribution is 2.50. The van der Waals surface area contributed by atoms with Crippen molar-refractivity contribution in [3.63, 3.8) is 0 Å². The molecule has 1 aliphatic heterocycles. The second-order valence-corrected chi connectivity index (χ2v) is 5.45. The van der Waals surface area contributed by atoms with Gasteiger partial charge in [0.1, 0.15) is 4.90 Å². The molecule has 1 aliphatic carbocycles. The summed E-state index contributed by atoms with van der Waals surface area (Å²) in [5.41, 5.74) is 5.59. The highest BCUT2D eigenvalue weighted by molar-refractivity contribution is 8.03. The number of fused-ring (bicyclic) bond motifs is 1. The first-order valence-corrected chi connectivity index (χ1v) is 6.51. The van der Waals surface area contributed by atoms with Gasteiger partial charge in [-0.3, -0.25) is 0 Å². The first kappa shape index (κ1) is 10.7. The van der Waals surface area contributed by atoms with E-state index in [9.17, 15) is 5.11 Å². The molecule has 2 aliphatic rings. The summed E-state index contributed by atoms with van der Waals surface area (Å²) in [7, 11) is 0. The van der Waals surface area contributed by atoms with Crippen LogP contribution in [0.2, 0.25) is 0 Å². The average molecular weight is 250 g/mol. The van der Waals surface area contributed by atoms with Crippen molar-refractivity contribution in [3.05, 3.63) is 11.6 Å². The minimum atomic E-state index is -0.0425. The number of nitrogen functional groups attached to an aromatic ring is 1. The third-order valence-corrected chi connectivity index (χ3v) is 4.26. The molecule has 1 aromatic rings. The molecule has 0 bridgehead atoms. The number of hydrogen-bond acceptors (Lipinski definition) is 6. The Balaban J connectivity index is 2.05. The van der Waals surface area contributed by atoms with Crippen LogP contribution in [0.15, 0.2) is 16.5 Å². The number of hydrogen-bond donors (Lipinski definition) is 2. The number of rotatable bonds is 1. The first-order chi connectivity index (χ1) is 8.16. The van der Waals surface area contributed by atoms with Crippen molar-refractivity contribution in [2.45, 2.75) is 36.6 Å². The fraction of sp³-hybridized carbons (Fsp3) is 0.455. The second kappa shape index (κ2) is 3.80. The van der Waals surface area contributed by atoms with Crippen LogP contribution in [0.1, 0.15) is 25.7 Å². The van der Waals surface area contributed by atoms with Gasteiger partial charge < -0.3 is 15.7 Å². The van der Waals surface area contributed by atoms with E-state index in [-0.39, 0.29) is 11.8 Å². The molecule has 1 saturated carbocycles. The van der Waals surface area contributed by atoms with Crippen LogP contribution >= 0.6 is 11.8 Å². The van der Waals surface area contributed by atoms with Gasteiger partial charge in [0.2, 0.25) is 11.8 Å². The molecule has 2 heterocycles. The van der Waals surface area contributed by atoms with Gasteiger partial charge in [-0.25, -0.2) is 0 Å². The van der Waals surface area contributed by atoms with Crippen LogP contribution in [-0.2, 0) is 0 Å². The molecule has 0 aromatic carbocycles. The predicted molar refractivity (Wildman–Crippen MR) is 67.8 cm³/mol. The lowest BCUT2D eigenvalue weighted by molar-refractivity contribution is 0.439. The fourth-order valence-electron chi connectivity index (χ4n) is 2.52. The summed E-state index contributed by atoms with van der Waals surface area (Å²) in [5.74, 6) is 0.788. The Kier molecular flexibility index (Phi) is 2.39. The lowest BCUT2D eigenvalue weighted by Crippen LogP contribution is -2.29. The van der Waals surface area contributed by atoms with Crippen molar-refractivity contribution in [3.8, 4) is 5.88 Å². The number of aromatic nitrogens is 2. The molecule has 3 rings (SSSR count). The molecule has 5 nitrogen and oxygen atoms in total. The zero-order valence-electron chi connectivity index (χ0n) is 9.39. The largest absolute Gasteiger partial charge is 0.492 e. The minimum absolute atomic E-state index is 0.0425. The Bertz CT molecular complexity index is 485.